The van der Waals surface area contributed by atoms with E-state index < -0.39 is 35.9 Å². The minimum Gasteiger partial charge on any atom is -0.481 e. The molecule has 0 aromatic carbocycles. The summed E-state index contributed by atoms with van der Waals surface area (Å²) in [6.45, 7) is 3.11. The number of hydrogen-bond donors (Lipinski definition) is 4. The average Bonchev–Trinajstić information content (AvgIpc) is 2.31. The number of ketones is 1. The molecule has 0 saturated heterocycles. The van der Waals surface area contributed by atoms with Gasteiger partial charge in [0.1, 0.15) is 6.04 Å². The number of rotatable bonds is 8. The van der Waals surface area contributed by atoms with Crippen molar-refractivity contribution in [2.75, 3.05) is 0 Å². The molecule has 7 heteroatoms. The summed E-state index contributed by atoms with van der Waals surface area (Å²) < 4.78 is 0. The van der Waals surface area contributed by atoms with Crippen molar-refractivity contribution in [2.24, 2.45) is 23.3 Å². The number of carboxylic acids is 2. The fourth-order valence-corrected chi connectivity index (χ4v) is 1.55. The second-order valence-corrected chi connectivity index (χ2v) is 4.45. The third kappa shape index (κ3) is 4.80. The van der Waals surface area contributed by atoms with Crippen molar-refractivity contribution in [3.63, 3.8) is 0 Å². The highest BCUT2D eigenvalue weighted by Gasteiger charge is 2.31. The Kier molecular flexibility index (Phi) is 6.50. The van der Waals surface area contributed by atoms with Gasteiger partial charge in [-0.3, -0.25) is 14.4 Å². The van der Waals surface area contributed by atoms with Crippen LogP contribution in [0, 0.1) is 11.8 Å². The van der Waals surface area contributed by atoms with E-state index in [0.29, 0.717) is 0 Å². The van der Waals surface area contributed by atoms with Crippen molar-refractivity contribution in [2.45, 2.75) is 38.8 Å². The number of carbonyl (C=O) groups excluding carboxylic acids is 1. The largest absolute Gasteiger partial charge is 0.481 e. The molecule has 18 heavy (non-hydrogen) atoms. The van der Waals surface area contributed by atoms with E-state index in [1.807, 2.05) is 0 Å². The van der Waals surface area contributed by atoms with Gasteiger partial charge in [-0.2, -0.15) is 0 Å². The van der Waals surface area contributed by atoms with Crippen LogP contribution in [0.25, 0.3) is 0 Å². The van der Waals surface area contributed by atoms with Crippen LogP contribution in [0.2, 0.25) is 0 Å². The van der Waals surface area contributed by atoms with Gasteiger partial charge in [-0.05, 0) is 12.3 Å². The van der Waals surface area contributed by atoms with Gasteiger partial charge in [0.25, 0.3) is 0 Å². The van der Waals surface area contributed by atoms with Crippen molar-refractivity contribution in [3.05, 3.63) is 0 Å². The van der Waals surface area contributed by atoms with Crippen LogP contribution in [0.1, 0.15) is 26.7 Å². The summed E-state index contributed by atoms with van der Waals surface area (Å²) in [7, 11) is 0. The molecule has 1 unspecified atom stereocenters. The van der Waals surface area contributed by atoms with Crippen LogP contribution in [0.3, 0.4) is 0 Å². The molecular weight excluding hydrogens is 240 g/mol. The highest BCUT2D eigenvalue weighted by molar-refractivity contribution is 5.87. The third-order valence-electron chi connectivity index (χ3n) is 3.12. The van der Waals surface area contributed by atoms with Gasteiger partial charge in [0.15, 0.2) is 5.78 Å². The molecular formula is C11H20N2O5. The summed E-state index contributed by atoms with van der Waals surface area (Å²) in [6.07, 6.45) is -0.160. The summed E-state index contributed by atoms with van der Waals surface area (Å²) in [5.74, 6) is -3.76. The Morgan fingerprint density at radius 1 is 1.11 bits per heavy atom. The molecule has 0 saturated carbocycles. The van der Waals surface area contributed by atoms with E-state index in [1.165, 1.54) is 0 Å². The number of Topliss-reactive ketones (excluding diaryl/α,β-unsaturated/α-hetero) is 1. The molecule has 0 amide bonds. The zero-order valence-electron chi connectivity index (χ0n) is 10.5. The van der Waals surface area contributed by atoms with Gasteiger partial charge in [0, 0.05) is 12.3 Å². The SMILES string of the molecule is CC(C(=O)[C@@H](N)CCC(=O)O)[C@H](C)[C@H](N)C(=O)O. The van der Waals surface area contributed by atoms with Crippen molar-refractivity contribution >= 4 is 17.7 Å². The lowest BCUT2D eigenvalue weighted by molar-refractivity contribution is -0.140. The second kappa shape index (κ2) is 7.07. The highest BCUT2D eigenvalue weighted by Crippen LogP contribution is 2.17. The molecule has 0 heterocycles. The Bertz CT molecular complexity index is 331. The van der Waals surface area contributed by atoms with Gasteiger partial charge in [0.2, 0.25) is 0 Å². The lowest BCUT2D eigenvalue weighted by atomic mass is 9.83. The molecule has 0 spiro atoms. The first-order chi connectivity index (χ1) is 8.18. The van der Waals surface area contributed by atoms with E-state index in [-0.39, 0.29) is 18.6 Å². The van der Waals surface area contributed by atoms with E-state index in [9.17, 15) is 14.4 Å². The molecule has 0 aliphatic rings. The van der Waals surface area contributed by atoms with Crippen molar-refractivity contribution in [1.82, 2.24) is 0 Å². The Labute approximate surface area is 105 Å². The Balaban J connectivity index is 4.48. The van der Waals surface area contributed by atoms with Gasteiger partial charge < -0.3 is 21.7 Å². The van der Waals surface area contributed by atoms with E-state index in [4.69, 9.17) is 21.7 Å². The van der Waals surface area contributed by atoms with Crippen LogP contribution in [-0.2, 0) is 14.4 Å². The zero-order chi connectivity index (χ0) is 14.5. The fourth-order valence-electron chi connectivity index (χ4n) is 1.55. The predicted molar refractivity (Wildman–Crippen MR) is 63.8 cm³/mol. The maximum atomic E-state index is 11.9. The molecule has 4 atom stereocenters. The summed E-state index contributed by atoms with van der Waals surface area (Å²) in [6, 6.07) is -2.05. The predicted octanol–water partition coefficient (Wildman–Crippen LogP) is -0.568. The molecule has 0 aromatic rings. The van der Waals surface area contributed by atoms with E-state index in [1.54, 1.807) is 13.8 Å². The molecule has 0 rings (SSSR count). The van der Waals surface area contributed by atoms with Crippen LogP contribution in [0.5, 0.6) is 0 Å². The van der Waals surface area contributed by atoms with Crippen LogP contribution < -0.4 is 11.5 Å². The van der Waals surface area contributed by atoms with Crippen LogP contribution in [0.4, 0.5) is 0 Å². The fraction of sp³-hybridized carbons (Fsp3) is 0.727. The Morgan fingerprint density at radius 3 is 2.00 bits per heavy atom. The number of aliphatic carboxylic acids is 2. The monoisotopic (exact) mass is 260 g/mol. The minimum atomic E-state index is -1.18. The molecule has 0 aliphatic carbocycles. The average molecular weight is 260 g/mol. The molecule has 0 bridgehead atoms. The van der Waals surface area contributed by atoms with E-state index >= 15 is 0 Å². The standard InChI is InChI=1S/C11H20N2O5/c1-5(9(13)11(17)18)6(2)10(16)7(12)3-4-8(14)15/h5-7,9H,3-4,12-13H2,1-2H3,(H,14,15)(H,17,18)/t5-,6?,7-,9-/m0/s1. The molecule has 0 fully saturated rings. The molecule has 7 nitrogen and oxygen atoms in total. The minimum absolute atomic E-state index is 0.0353. The van der Waals surface area contributed by atoms with Gasteiger partial charge in [-0.25, -0.2) is 0 Å². The van der Waals surface area contributed by atoms with Crippen LogP contribution in [0.15, 0.2) is 0 Å². The number of carbonyl (C=O) groups is 3. The van der Waals surface area contributed by atoms with Gasteiger partial charge in [-0.15, -0.1) is 0 Å². The smallest absolute Gasteiger partial charge is 0.320 e. The first-order valence-corrected chi connectivity index (χ1v) is 5.68. The van der Waals surface area contributed by atoms with Crippen LogP contribution in [-0.4, -0.2) is 40.0 Å². The van der Waals surface area contributed by atoms with E-state index in [0.717, 1.165) is 0 Å². The third-order valence-corrected chi connectivity index (χ3v) is 3.12. The summed E-state index contributed by atoms with van der Waals surface area (Å²) >= 11 is 0. The van der Waals surface area contributed by atoms with Gasteiger partial charge >= 0.3 is 11.9 Å². The number of nitrogens with two attached hydrogens (primary N) is 2. The summed E-state index contributed by atoms with van der Waals surface area (Å²) in [4.78, 5) is 32.9. The second-order valence-electron chi connectivity index (χ2n) is 4.45. The van der Waals surface area contributed by atoms with E-state index in [2.05, 4.69) is 0 Å². The Morgan fingerprint density at radius 2 is 1.61 bits per heavy atom. The number of hydrogen-bond acceptors (Lipinski definition) is 5. The van der Waals surface area contributed by atoms with Gasteiger partial charge in [-0.1, -0.05) is 13.8 Å². The van der Waals surface area contributed by atoms with Gasteiger partial charge in [0.05, 0.1) is 6.04 Å². The zero-order valence-corrected chi connectivity index (χ0v) is 10.5. The normalized spacial score (nSPS) is 17.6. The maximum Gasteiger partial charge on any atom is 0.320 e. The lowest BCUT2D eigenvalue weighted by Crippen LogP contribution is -2.45. The quantitative estimate of drug-likeness (QED) is 0.457. The topological polar surface area (TPSA) is 144 Å². The molecule has 0 radical (unpaired) electrons. The Hall–Kier alpha value is -1.47. The first kappa shape index (κ1) is 16.5. The molecule has 0 aromatic heterocycles. The van der Waals surface area contributed by atoms with Crippen molar-refractivity contribution in [3.8, 4) is 0 Å². The van der Waals surface area contributed by atoms with Crippen LogP contribution >= 0.6 is 0 Å². The lowest BCUT2D eigenvalue weighted by Gasteiger charge is -2.24. The maximum absolute atomic E-state index is 11.9. The molecule has 0 aliphatic heterocycles. The summed E-state index contributed by atoms with van der Waals surface area (Å²) in [5.41, 5.74) is 11.0. The van der Waals surface area contributed by atoms with Crippen molar-refractivity contribution in [1.29, 1.82) is 0 Å². The highest BCUT2D eigenvalue weighted by atomic mass is 16.4. The molecule has 6 N–H and O–H groups in total. The van der Waals surface area contributed by atoms with Crippen molar-refractivity contribution < 1.29 is 24.6 Å². The number of carboxylic acid groups (broad SMARTS) is 2. The summed E-state index contributed by atoms with van der Waals surface area (Å²) in [5, 5.41) is 17.2. The molecule has 104 valence electrons. The first-order valence-electron chi connectivity index (χ1n) is 5.68.